The molecule has 25 heavy (non-hydrogen) atoms. The highest BCUT2D eigenvalue weighted by Crippen LogP contribution is 2.32. The van der Waals surface area contributed by atoms with Crippen LogP contribution in [-0.4, -0.2) is 16.9 Å². The molecule has 2 rings (SSSR count). The van der Waals surface area contributed by atoms with E-state index in [9.17, 15) is 4.79 Å². The Morgan fingerprint density at radius 2 is 1.76 bits per heavy atom. The second-order valence-corrected chi connectivity index (χ2v) is 8.44. The van der Waals surface area contributed by atoms with Crippen LogP contribution in [0.25, 0.3) is 10.6 Å². The number of amides is 1. The summed E-state index contributed by atoms with van der Waals surface area (Å²) in [5.74, 6) is -0.125. The van der Waals surface area contributed by atoms with Gasteiger partial charge < -0.3 is 11.1 Å². The molecule has 0 aliphatic rings. The molecule has 0 fully saturated rings. The average molecular weight is 382 g/mol. The smallest absolute Gasteiger partial charge is 0.237 e. The number of nitrogens with one attached hydrogen (secondary N) is 1. The molecule has 2 aromatic rings. The Kier molecular flexibility index (Phi) is 7.18. The van der Waals surface area contributed by atoms with Crippen molar-refractivity contribution in [1.29, 1.82) is 0 Å². The van der Waals surface area contributed by atoms with Crippen molar-refractivity contribution in [1.82, 2.24) is 10.3 Å². The Hall–Kier alpha value is -1.43. The van der Waals surface area contributed by atoms with Crippen LogP contribution in [0.2, 0.25) is 0 Å². The first kappa shape index (κ1) is 21.6. The zero-order chi connectivity index (χ0) is 18.1. The second kappa shape index (κ2) is 8.30. The predicted octanol–water partition coefficient (Wildman–Crippen LogP) is 4.40. The van der Waals surface area contributed by atoms with Crippen molar-refractivity contribution in [2.24, 2.45) is 11.1 Å². The Bertz CT molecular complexity index is 719. The average Bonchev–Trinajstić information content (AvgIpc) is 2.88. The molecule has 1 amide bonds. The van der Waals surface area contributed by atoms with Gasteiger partial charge >= 0.3 is 0 Å². The number of nitrogens with zero attached hydrogens (tertiary/aromatic N) is 1. The van der Waals surface area contributed by atoms with Crippen LogP contribution >= 0.6 is 23.7 Å². The van der Waals surface area contributed by atoms with Crippen LogP contribution in [0.3, 0.4) is 0 Å². The Morgan fingerprint density at radius 3 is 2.28 bits per heavy atom. The SMILES string of the molecule is Cc1ccc(-c2nc(C)c(C(C)NC(=O)[C@@H](N)C(C)(C)C)s2)cc1.Cl. The molecule has 0 aliphatic heterocycles. The van der Waals surface area contributed by atoms with Gasteiger partial charge in [0.25, 0.3) is 0 Å². The highest BCUT2D eigenvalue weighted by atomic mass is 35.5. The van der Waals surface area contributed by atoms with Gasteiger partial charge in [0, 0.05) is 5.56 Å². The minimum Gasteiger partial charge on any atom is -0.347 e. The van der Waals surface area contributed by atoms with Crippen molar-refractivity contribution in [2.45, 2.75) is 53.6 Å². The summed E-state index contributed by atoms with van der Waals surface area (Å²) in [7, 11) is 0. The summed E-state index contributed by atoms with van der Waals surface area (Å²) in [6.07, 6.45) is 0. The fourth-order valence-corrected chi connectivity index (χ4v) is 3.47. The predicted molar refractivity (Wildman–Crippen MR) is 108 cm³/mol. The molecule has 1 aromatic carbocycles. The van der Waals surface area contributed by atoms with Crippen molar-refractivity contribution in [3.63, 3.8) is 0 Å². The molecule has 1 aromatic heterocycles. The lowest BCUT2D eigenvalue weighted by atomic mass is 9.87. The first-order chi connectivity index (χ1) is 11.1. The van der Waals surface area contributed by atoms with Gasteiger partial charge in [-0.1, -0.05) is 50.6 Å². The standard InChI is InChI=1S/C19H27N3OS.ClH/c1-11-7-9-14(10-8-11)18-22-13(3)15(24-18)12(2)21-17(23)16(20)19(4,5)6;/h7-10,12,16H,20H2,1-6H3,(H,21,23);1H/t12?,16-;/m1./s1. The molecule has 0 spiro atoms. The second-order valence-electron chi connectivity index (χ2n) is 7.41. The molecular weight excluding hydrogens is 354 g/mol. The van der Waals surface area contributed by atoms with Crippen molar-refractivity contribution in [2.75, 3.05) is 0 Å². The largest absolute Gasteiger partial charge is 0.347 e. The first-order valence-corrected chi connectivity index (χ1v) is 9.01. The van der Waals surface area contributed by atoms with Gasteiger partial charge in [-0.05, 0) is 26.2 Å². The van der Waals surface area contributed by atoms with E-state index in [1.54, 1.807) is 11.3 Å². The maximum Gasteiger partial charge on any atom is 0.237 e. The van der Waals surface area contributed by atoms with Gasteiger partial charge in [0.2, 0.25) is 5.91 Å². The number of carbonyl (C=O) groups excluding carboxylic acids is 1. The van der Waals surface area contributed by atoms with Crippen LogP contribution in [-0.2, 0) is 4.79 Å². The van der Waals surface area contributed by atoms with Gasteiger partial charge in [0.05, 0.1) is 22.7 Å². The van der Waals surface area contributed by atoms with Gasteiger partial charge in [-0.2, -0.15) is 0 Å². The lowest BCUT2D eigenvalue weighted by Crippen LogP contribution is -2.49. The fourth-order valence-electron chi connectivity index (χ4n) is 2.39. The van der Waals surface area contributed by atoms with Gasteiger partial charge in [-0.25, -0.2) is 4.98 Å². The highest BCUT2D eigenvalue weighted by Gasteiger charge is 2.29. The monoisotopic (exact) mass is 381 g/mol. The number of benzene rings is 1. The molecule has 4 nitrogen and oxygen atoms in total. The van der Waals surface area contributed by atoms with Crippen molar-refractivity contribution < 1.29 is 4.79 Å². The molecule has 0 bridgehead atoms. The van der Waals surface area contributed by atoms with Gasteiger partial charge in [-0.15, -0.1) is 23.7 Å². The Morgan fingerprint density at radius 1 is 1.20 bits per heavy atom. The lowest BCUT2D eigenvalue weighted by molar-refractivity contribution is -0.125. The quantitative estimate of drug-likeness (QED) is 0.824. The maximum atomic E-state index is 12.3. The normalized spacial score (nSPS) is 13.7. The summed E-state index contributed by atoms with van der Waals surface area (Å²) in [5.41, 5.74) is 9.06. The number of nitrogens with two attached hydrogens (primary N) is 1. The van der Waals surface area contributed by atoms with Crippen molar-refractivity contribution >= 4 is 29.7 Å². The molecule has 6 heteroatoms. The van der Waals surface area contributed by atoms with E-state index in [4.69, 9.17) is 5.73 Å². The lowest BCUT2D eigenvalue weighted by Gasteiger charge is -2.27. The van der Waals surface area contributed by atoms with Crippen LogP contribution < -0.4 is 11.1 Å². The maximum absolute atomic E-state index is 12.3. The van der Waals surface area contributed by atoms with E-state index in [2.05, 4.69) is 41.5 Å². The molecular formula is C19H28ClN3OS. The van der Waals surface area contributed by atoms with Gasteiger partial charge in [0.15, 0.2) is 0 Å². The third kappa shape index (κ3) is 5.27. The molecule has 1 heterocycles. The number of aromatic nitrogens is 1. The zero-order valence-corrected chi connectivity index (χ0v) is 17.3. The molecule has 138 valence electrons. The Balaban J connectivity index is 0.00000312. The summed E-state index contributed by atoms with van der Waals surface area (Å²) in [5, 5.41) is 4.00. The van der Waals surface area contributed by atoms with E-state index in [-0.39, 0.29) is 29.8 Å². The topological polar surface area (TPSA) is 68.0 Å². The van der Waals surface area contributed by atoms with Crippen molar-refractivity contribution in [3.05, 3.63) is 40.4 Å². The highest BCUT2D eigenvalue weighted by molar-refractivity contribution is 7.15. The molecule has 0 saturated carbocycles. The van der Waals surface area contributed by atoms with E-state index in [1.165, 1.54) is 5.56 Å². The summed E-state index contributed by atoms with van der Waals surface area (Å²) in [6.45, 7) is 11.9. The van der Waals surface area contributed by atoms with E-state index in [0.29, 0.717) is 0 Å². The number of rotatable bonds is 4. The summed E-state index contributed by atoms with van der Waals surface area (Å²) in [4.78, 5) is 18.1. The van der Waals surface area contributed by atoms with E-state index in [0.717, 1.165) is 21.1 Å². The minimum atomic E-state index is -0.537. The van der Waals surface area contributed by atoms with Crippen molar-refractivity contribution in [3.8, 4) is 10.6 Å². The molecule has 1 unspecified atom stereocenters. The number of hydrogen-bond donors (Lipinski definition) is 2. The third-order valence-corrected chi connectivity index (χ3v) is 5.49. The number of hydrogen-bond acceptors (Lipinski definition) is 4. The number of aryl methyl sites for hydroxylation is 2. The van der Waals surface area contributed by atoms with E-state index < -0.39 is 6.04 Å². The van der Waals surface area contributed by atoms with Crippen LogP contribution in [0.15, 0.2) is 24.3 Å². The zero-order valence-electron chi connectivity index (χ0n) is 15.7. The number of halogens is 1. The fraction of sp³-hybridized carbons (Fsp3) is 0.474. The summed E-state index contributed by atoms with van der Waals surface area (Å²) in [6, 6.07) is 7.68. The molecule has 2 atom stereocenters. The molecule has 0 radical (unpaired) electrons. The first-order valence-electron chi connectivity index (χ1n) is 8.20. The third-order valence-electron chi connectivity index (χ3n) is 4.10. The van der Waals surface area contributed by atoms with E-state index >= 15 is 0 Å². The summed E-state index contributed by atoms with van der Waals surface area (Å²) < 4.78 is 0. The molecule has 0 saturated heterocycles. The summed E-state index contributed by atoms with van der Waals surface area (Å²) >= 11 is 1.62. The number of carbonyl (C=O) groups is 1. The van der Waals surface area contributed by atoms with E-state index in [1.807, 2.05) is 34.6 Å². The van der Waals surface area contributed by atoms with Crippen LogP contribution in [0.5, 0.6) is 0 Å². The Labute approximate surface area is 160 Å². The van der Waals surface area contributed by atoms with Crippen LogP contribution in [0, 0.1) is 19.3 Å². The minimum absolute atomic E-state index is 0. The van der Waals surface area contributed by atoms with Gasteiger partial charge in [-0.3, -0.25) is 4.79 Å². The molecule has 0 aliphatic carbocycles. The van der Waals surface area contributed by atoms with Crippen LogP contribution in [0.4, 0.5) is 0 Å². The van der Waals surface area contributed by atoms with Gasteiger partial charge in [0.1, 0.15) is 5.01 Å². The van der Waals surface area contributed by atoms with Crippen LogP contribution in [0.1, 0.15) is 49.9 Å². The number of thiazole rings is 1. The molecule has 3 N–H and O–H groups in total.